The van der Waals surface area contributed by atoms with Crippen molar-refractivity contribution < 1.29 is 10.3 Å². The molecule has 1 unspecified atom stereocenters. The van der Waals surface area contributed by atoms with Crippen LogP contribution >= 0.6 is 23.2 Å². The van der Waals surface area contributed by atoms with Crippen molar-refractivity contribution in [2.45, 2.75) is 25.8 Å². The first-order valence-electron chi connectivity index (χ1n) is 8.70. The fraction of sp³-hybridized carbons (Fsp3) is 0.250. The Morgan fingerprint density at radius 3 is 2.07 bits per heavy atom. The summed E-state index contributed by atoms with van der Waals surface area (Å²) in [5.41, 5.74) is 2.65. The number of rotatable bonds is 7. The van der Waals surface area contributed by atoms with Gasteiger partial charge in [-0.15, -0.1) is 10.1 Å². The summed E-state index contributed by atoms with van der Waals surface area (Å²) in [5.74, 6) is 0.538. The van der Waals surface area contributed by atoms with Crippen LogP contribution in [0.4, 0.5) is 0 Å². The molecule has 3 rings (SSSR count). The van der Waals surface area contributed by atoms with E-state index in [-0.39, 0.29) is 0 Å². The second-order valence-corrected chi connectivity index (χ2v) is 7.23. The quantitative estimate of drug-likeness (QED) is 0.412. The van der Waals surface area contributed by atoms with Gasteiger partial charge in [-0.2, -0.15) is 0 Å². The summed E-state index contributed by atoms with van der Waals surface area (Å²) in [5, 5.41) is 15.2. The van der Waals surface area contributed by atoms with Gasteiger partial charge in [0.2, 0.25) is 0 Å². The maximum Gasteiger partial charge on any atom is 0.291 e. The van der Waals surface area contributed by atoms with Gasteiger partial charge >= 0.3 is 0 Å². The molecule has 0 radical (unpaired) electrons. The predicted octanol–water partition coefficient (Wildman–Crippen LogP) is 5.33. The summed E-state index contributed by atoms with van der Waals surface area (Å²) >= 11 is 12.0. The largest absolute Gasteiger partial charge is 0.337 e. The van der Waals surface area contributed by atoms with E-state index in [1.807, 2.05) is 43.0 Å². The number of imidazole rings is 1. The Bertz CT molecular complexity index is 834. The molecular weight excluding hydrogens is 401 g/mol. The lowest BCUT2D eigenvalue weighted by atomic mass is 9.92. The van der Waals surface area contributed by atoms with Gasteiger partial charge in [-0.05, 0) is 60.6 Å². The minimum atomic E-state index is -1.50. The summed E-state index contributed by atoms with van der Waals surface area (Å²) in [6, 6.07) is 16.3. The molecule has 2 aromatic carbocycles. The first kappa shape index (κ1) is 21.7. The van der Waals surface area contributed by atoms with Crippen molar-refractivity contribution in [1.29, 1.82) is 0 Å². The van der Waals surface area contributed by atoms with Crippen molar-refractivity contribution in [2.24, 2.45) is 5.92 Å². The molecule has 8 heteroatoms. The average molecular weight is 422 g/mol. The Kier molecular flexibility index (Phi) is 8.78. The molecule has 0 aliphatic rings. The summed E-state index contributed by atoms with van der Waals surface area (Å²) in [7, 11) is 0. The Balaban J connectivity index is 0.000000640. The van der Waals surface area contributed by atoms with Gasteiger partial charge in [-0.25, -0.2) is 4.98 Å². The van der Waals surface area contributed by atoms with Crippen molar-refractivity contribution in [3.05, 3.63) is 98.5 Å². The summed E-state index contributed by atoms with van der Waals surface area (Å²) in [4.78, 5) is 12.5. The zero-order valence-electron chi connectivity index (χ0n) is 15.1. The molecular formula is C20H21Cl2N3O3. The van der Waals surface area contributed by atoms with Crippen LogP contribution in [0.1, 0.15) is 17.5 Å². The Hall–Kier alpha value is -2.57. The third-order valence-corrected chi connectivity index (χ3v) is 4.72. The topological polar surface area (TPSA) is 81.2 Å². The molecule has 0 saturated heterocycles. The molecule has 1 aromatic heterocycles. The highest BCUT2D eigenvalue weighted by molar-refractivity contribution is 6.30. The number of halogens is 2. The lowest BCUT2D eigenvalue weighted by Crippen LogP contribution is -2.14. The molecule has 0 amide bonds. The van der Waals surface area contributed by atoms with Crippen LogP contribution in [0.5, 0.6) is 0 Å². The molecule has 1 atom stereocenters. The first-order chi connectivity index (χ1) is 13.4. The molecule has 1 N–H and O–H groups in total. The van der Waals surface area contributed by atoms with E-state index in [0.29, 0.717) is 5.92 Å². The van der Waals surface area contributed by atoms with E-state index in [4.69, 9.17) is 38.5 Å². The van der Waals surface area contributed by atoms with E-state index in [2.05, 4.69) is 33.8 Å². The van der Waals surface area contributed by atoms with Gasteiger partial charge in [0.1, 0.15) is 0 Å². The van der Waals surface area contributed by atoms with E-state index in [1.54, 1.807) is 0 Å². The Labute approximate surface area is 173 Å². The standard InChI is InChI=1S/C20H20Cl2N2.HNO3/c21-19-7-3-16(4-8-19)1-2-18(14-24-12-11-23-15-24)13-17-5-9-20(22)10-6-17;2-1(3)4/h3-12,15,18H,1-2,13-14H2;(H,2,3,4). The minimum Gasteiger partial charge on any atom is -0.337 e. The van der Waals surface area contributed by atoms with Crippen LogP contribution in [0, 0.1) is 16.0 Å². The lowest BCUT2D eigenvalue weighted by Gasteiger charge is -2.18. The second-order valence-electron chi connectivity index (χ2n) is 6.36. The Morgan fingerprint density at radius 1 is 1.04 bits per heavy atom. The normalized spacial score (nSPS) is 11.4. The monoisotopic (exact) mass is 421 g/mol. The van der Waals surface area contributed by atoms with Crippen LogP contribution in [0.25, 0.3) is 0 Å². The zero-order valence-corrected chi connectivity index (χ0v) is 16.6. The van der Waals surface area contributed by atoms with Gasteiger partial charge in [0.15, 0.2) is 0 Å². The molecule has 1 heterocycles. The van der Waals surface area contributed by atoms with Gasteiger partial charge in [0.25, 0.3) is 5.09 Å². The number of benzene rings is 2. The van der Waals surface area contributed by atoms with Gasteiger partial charge in [-0.3, -0.25) is 0 Å². The highest BCUT2D eigenvalue weighted by Gasteiger charge is 2.11. The van der Waals surface area contributed by atoms with Crippen molar-refractivity contribution in [1.82, 2.24) is 9.55 Å². The van der Waals surface area contributed by atoms with Crippen LogP contribution in [-0.4, -0.2) is 19.8 Å². The van der Waals surface area contributed by atoms with Gasteiger partial charge in [-0.1, -0.05) is 47.5 Å². The van der Waals surface area contributed by atoms with Crippen molar-refractivity contribution in [2.75, 3.05) is 0 Å². The van der Waals surface area contributed by atoms with Crippen molar-refractivity contribution in [3.63, 3.8) is 0 Å². The zero-order chi connectivity index (χ0) is 20.4. The summed E-state index contributed by atoms with van der Waals surface area (Å²) in [6.07, 6.45) is 8.93. The predicted molar refractivity (Wildman–Crippen MR) is 109 cm³/mol. The molecule has 6 nitrogen and oxygen atoms in total. The highest BCUT2D eigenvalue weighted by atomic mass is 35.5. The van der Waals surface area contributed by atoms with Crippen molar-refractivity contribution >= 4 is 23.2 Å². The minimum absolute atomic E-state index is 0.538. The highest BCUT2D eigenvalue weighted by Crippen LogP contribution is 2.20. The van der Waals surface area contributed by atoms with Crippen molar-refractivity contribution in [3.8, 4) is 0 Å². The van der Waals surface area contributed by atoms with Crippen LogP contribution in [0.2, 0.25) is 10.0 Å². The SMILES string of the molecule is Clc1ccc(CCC(Cc2ccc(Cl)cc2)Cn2ccnc2)cc1.O=[N+]([O-])O. The number of nitrogens with zero attached hydrogens (tertiary/aromatic N) is 3. The average Bonchev–Trinajstić information content (AvgIpc) is 3.15. The second kappa shape index (κ2) is 11.3. The fourth-order valence-corrected chi connectivity index (χ4v) is 3.18. The lowest BCUT2D eigenvalue weighted by molar-refractivity contribution is -0.742. The van der Waals surface area contributed by atoms with E-state index in [0.717, 1.165) is 35.9 Å². The Morgan fingerprint density at radius 2 is 1.57 bits per heavy atom. The number of hydrogen-bond acceptors (Lipinski definition) is 3. The molecule has 0 fully saturated rings. The maximum absolute atomic E-state index is 8.36. The number of aryl methyl sites for hydroxylation is 1. The molecule has 148 valence electrons. The molecule has 0 spiro atoms. The van der Waals surface area contributed by atoms with Crippen LogP contribution in [-0.2, 0) is 19.4 Å². The molecule has 0 aliphatic heterocycles. The van der Waals surface area contributed by atoms with Crippen LogP contribution in [0.3, 0.4) is 0 Å². The molecule has 0 bridgehead atoms. The van der Waals surface area contributed by atoms with E-state index in [9.17, 15) is 0 Å². The van der Waals surface area contributed by atoms with Crippen LogP contribution < -0.4 is 0 Å². The molecule has 0 aliphatic carbocycles. The maximum atomic E-state index is 8.36. The number of hydrogen-bond donors (Lipinski definition) is 1. The molecule has 28 heavy (non-hydrogen) atoms. The summed E-state index contributed by atoms with van der Waals surface area (Å²) < 4.78 is 2.16. The molecule has 0 saturated carbocycles. The van der Waals surface area contributed by atoms with Gasteiger partial charge < -0.3 is 9.77 Å². The third kappa shape index (κ3) is 8.41. The van der Waals surface area contributed by atoms with Gasteiger partial charge in [0.05, 0.1) is 6.33 Å². The molecule has 3 aromatic rings. The number of aromatic nitrogens is 2. The fourth-order valence-electron chi connectivity index (χ4n) is 2.93. The smallest absolute Gasteiger partial charge is 0.291 e. The third-order valence-electron chi connectivity index (χ3n) is 4.22. The van der Waals surface area contributed by atoms with Gasteiger partial charge in [0, 0.05) is 29.0 Å². The van der Waals surface area contributed by atoms with Crippen LogP contribution in [0.15, 0.2) is 67.3 Å². The van der Waals surface area contributed by atoms with E-state index >= 15 is 0 Å². The first-order valence-corrected chi connectivity index (χ1v) is 9.46. The van der Waals surface area contributed by atoms with E-state index in [1.165, 1.54) is 11.1 Å². The van der Waals surface area contributed by atoms with E-state index < -0.39 is 5.09 Å². The summed E-state index contributed by atoms with van der Waals surface area (Å²) in [6.45, 7) is 0.968.